The summed E-state index contributed by atoms with van der Waals surface area (Å²) in [4.78, 5) is 26.1. The van der Waals surface area contributed by atoms with E-state index < -0.39 is 10.8 Å². The Morgan fingerprint density at radius 3 is 2.57 bits per heavy atom. The molecule has 21 heavy (non-hydrogen) atoms. The van der Waals surface area contributed by atoms with Crippen molar-refractivity contribution in [3.63, 3.8) is 0 Å². The molecule has 0 atom stereocenters. The maximum absolute atomic E-state index is 12.1. The molecule has 6 nitrogen and oxygen atoms in total. The highest BCUT2D eigenvalue weighted by atomic mass is 35.5. The number of amides is 1. The third kappa shape index (κ3) is 3.48. The van der Waals surface area contributed by atoms with Gasteiger partial charge in [-0.15, -0.1) is 0 Å². The Bertz CT molecular complexity index is 735. The quantitative estimate of drug-likeness (QED) is 0.527. The van der Waals surface area contributed by atoms with Crippen molar-refractivity contribution in [3.05, 3.63) is 61.9 Å². The Hall–Kier alpha value is -2.18. The number of anilines is 1. The van der Waals surface area contributed by atoms with Gasteiger partial charge in [-0.2, -0.15) is 0 Å². The van der Waals surface area contributed by atoms with Gasteiger partial charge in [0.2, 0.25) is 0 Å². The van der Waals surface area contributed by atoms with Crippen LogP contribution in [0.1, 0.15) is 15.9 Å². The monoisotopic (exact) mass is 325 g/mol. The van der Waals surface area contributed by atoms with Gasteiger partial charge in [0.15, 0.2) is 0 Å². The molecule has 0 aliphatic heterocycles. The zero-order chi connectivity index (χ0) is 15.6. The van der Waals surface area contributed by atoms with Gasteiger partial charge in [0.05, 0.1) is 10.5 Å². The minimum atomic E-state index is -0.485. The Balaban J connectivity index is 2.23. The number of hydrogen-bond donors (Lipinski definition) is 1. The highest BCUT2D eigenvalue weighted by molar-refractivity contribution is 6.35. The number of carbonyl (C=O) groups excluding carboxylic acids is 1. The van der Waals surface area contributed by atoms with Crippen molar-refractivity contribution in [2.45, 2.75) is 6.92 Å². The fourth-order valence-electron chi connectivity index (χ4n) is 1.72. The van der Waals surface area contributed by atoms with Crippen molar-refractivity contribution in [1.82, 2.24) is 4.98 Å². The summed E-state index contributed by atoms with van der Waals surface area (Å²) in [5, 5.41) is 13.5. The number of nitro groups is 1. The van der Waals surface area contributed by atoms with Gasteiger partial charge in [-0.1, -0.05) is 23.2 Å². The summed E-state index contributed by atoms with van der Waals surface area (Å²) < 4.78 is 0. The smallest absolute Gasteiger partial charge is 0.272 e. The van der Waals surface area contributed by atoms with Crippen LogP contribution in [0.25, 0.3) is 0 Å². The third-order valence-corrected chi connectivity index (χ3v) is 3.21. The average Bonchev–Trinajstić information content (AvgIpc) is 2.37. The van der Waals surface area contributed by atoms with Gasteiger partial charge in [-0.25, -0.2) is 4.98 Å². The Morgan fingerprint density at radius 1 is 1.29 bits per heavy atom. The largest absolute Gasteiger partial charge is 0.322 e. The van der Waals surface area contributed by atoms with Crippen LogP contribution in [0.15, 0.2) is 30.3 Å². The molecule has 0 spiro atoms. The number of nitrogens with one attached hydrogen (secondary N) is 1. The second-order valence-electron chi connectivity index (χ2n) is 4.18. The predicted molar refractivity (Wildman–Crippen MR) is 80.0 cm³/mol. The van der Waals surface area contributed by atoms with Crippen LogP contribution >= 0.6 is 23.2 Å². The molecule has 2 rings (SSSR count). The average molecular weight is 326 g/mol. The molecule has 0 aliphatic rings. The van der Waals surface area contributed by atoms with E-state index >= 15 is 0 Å². The van der Waals surface area contributed by atoms with E-state index in [2.05, 4.69) is 10.3 Å². The van der Waals surface area contributed by atoms with Crippen LogP contribution < -0.4 is 5.32 Å². The molecular weight excluding hydrogens is 317 g/mol. The summed E-state index contributed by atoms with van der Waals surface area (Å²) in [5.41, 5.74) is 1.02. The number of carbonyl (C=O) groups is 1. The first kappa shape index (κ1) is 15.2. The molecule has 0 saturated carbocycles. The third-order valence-electron chi connectivity index (χ3n) is 2.71. The first-order chi connectivity index (χ1) is 9.88. The number of pyridine rings is 1. The fourth-order valence-corrected chi connectivity index (χ4v) is 2.15. The summed E-state index contributed by atoms with van der Waals surface area (Å²) >= 11 is 11.5. The van der Waals surface area contributed by atoms with Gasteiger partial charge in [-0.3, -0.25) is 14.9 Å². The number of nitro benzene ring substituents is 1. The minimum absolute atomic E-state index is 0.0146. The Kier molecular flexibility index (Phi) is 4.40. The molecule has 1 heterocycles. The molecule has 0 bridgehead atoms. The molecule has 0 aliphatic carbocycles. The molecule has 0 unspecified atom stereocenters. The minimum Gasteiger partial charge on any atom is -0.322 e. The molecular formula is C13H9Cl2N3O3. The second-order valence-corrected chi connectivity index (χ2v) is 4.93. The van der Waals surface area contributed by atoms with Crippen LogP contribution in [-0.2, 0) is 0 Å². The molecule has 2 aromatic rings. The Morgan fingerprint density at radius 2 is 2.00 bits per heavy atom. The van der Waals surface area contributed by atoms with E-state index in [0.29, 0.717) is 11.3 Å². The predicted octanol–water partition coefficient (Wildman–Crippen LogP) is 3.86. The van der Waals surface area contributed by atoms with E-state index in [1.165, 1.54) is 30.3 Å². The van der Waals surface area contributed by atoms with Crippen molar-refractivity contribution in [2.75, 3.05) is 5.32 Å². The van der Waals surface area contributed by atoms with Crippen molar-refractivity contribution < 1.29 is 9.72 Å². The zero-order valence-electron chi connectivity index (χ0n) is 10.8. The molecule has 1 amide bonds. The lowest BCUT2D eigenvalue weighted by Gasteiger charge is -2.07. The zero-order valence-corrected chi connectivity index (χ0v) is 12.3. The van der Waals surface area contributed by atoms with Gasteiger partial charge in [0.1, 0.15) is 10.3 Å². The highest BCUT2D eigenvalue weighted by Crippen LogP contribution is 2.23. The van der Waals surface area contributed by atoms with Crippen LogP contribution in [0, 0.1) is 17.0 Å². The molecule has 0 saturated heterocycles. The van der Waals surface area contributed by atoms with Crippen LogP contribution in [0.2, 0.25) is 10.3 Å². The summed E-state index contributed by atoms with van der Waals surface area (Å²) in [6.07, 6.45) is 0. The van der Waals surface area contributed by atoms with Gasteiger partial charge in [-0.05, 0) is 31.2 Å². The number of nitrogens with zero attached hydrogens (tertiary/aromatic N) is 2. The first-order valence-electron chi connectivity index (χ1n) is 5.77. The topological polar surface area (TPSA) is 85.1 Å². The lowest BCUT2D eigenvalue weighted by molar-refractivity contribution is -0.385. The van der Waals surface area contributed by atoms with Gasteiger partial charge < -0.3 is 5.32 Å². The van der Waals surface area contributed by atoms with Crippen LogP contribution in [0.5, 0.6) is 0 Å². The number of benzene rings is 1. The van der Waals surface area contributed by atoms with E-state index in [0.717, 1.165) is 0 Å². The number of aryl methyl sites for hydroxylation is 1. The molecule has 0 fully saturated rings. The number of rotatable bonds is 3. The van der Waals surface area contributed by atoms with E-state index in [4.69, 9.17) is 23.2 Å². The summed E-state index contributed by atoms with van der Waals surface area (Å²) in [7, 11) is 0. The molecule has 0 radical (unpaired) electrons. The molecule has 1 N–H and O–H groups in total. The standard InChI is InChI=1S/C13H9Cl2N3O3/c1-7-6-8(2-4-10(7)18(20)21)16-13(19)9-3-5-11(14)17-12(9)15/h2-6H,1H3,(H,16,19). The van der Waals surface area contributed by atoms with Gasteiger partial charge in [0.25, 0.3) is 11.6 Å². The normalized spacial score (nSPS) is 10.2. The molecule has 1 aromatic carbocycles. The van der Waals surface area contributed by atoms with E-state index in [9.17, 15) is 14.9 Å². The number of aromatic nitrogens is 1. The highest BCUT2D eigenvalue weighted by Gasteiger charge is 2.14. The van der Waals surface area contributed by atoms with Crippen LogP contribution in [0.4, 0.5) is 11.4 Å². The summed E-state index contributed by atoms with van der Waals surface area (Å²) in [5.74, 6) is -0.475. The van der Waals surface area contributed by atoms with Crippen molar-refractivity contribution in [1.29, 1.82) is 0 Å². The second kappa shape index (κ2) is 6.07. The lowest BCUT2D eigenvalue weighted by atomic mass is 10.1. The SMILES string of the molecule is Cc1cc(NC(=O)c2ccc(Cl)nc2Cl)ccc1[N+](=O)[O-]. The molecule has 108 valence electrons. The number of halogens is 2. The summed E-state index contributed by atoms with van der Waals surface area (Å²) in [6, 6.07) is 7.18. The maximum Gasteiger partial charge on any atom is 0.272 e. The Labute approximate surface area is 129 Å². The van der Waals surface area contributed by atoms with Crippen molar-refractivity contribution in [2.24, 2.45) is 0 Å². The fraction of sp³-hybridized carbons (Fsp3) is 0.0769. The van der Waals surface area contributed by atoms with Gasteiger partial charge >= 0.3 is 0 Å². The van der Waals surface area contributed by atoms with Crippen molar-refractivity contribution in [3.8, 4) is 0 Å². The van der Waals surface area contributed by atoms with Crippen LogP contribution in [0.3, 0.4) is 0 Å². The molecule has 8 heteroatoms. The maximum atomic E-state index is 12.1. The lowest BCUT2D eigenvalue weighted by Crippen LogP contribution is -2.13. The molecule has 1 aromatic heterocycles. The number of hydrogen-bond acceptors (Lipinski definition) is 4. The van der Waals surface area contributed by atoms with Crippen LogP contribution in [-0.4, -0.2) is 15.8 Å². The first-order valence-corrected chi connectivity index (χ1v) is 6.52. The van der Waals surface area contributed by atoms with Crippen molar-refractivity contribution >= 4 is 40.5 Å². The van der Waals surface area contributed by atoms with E-state index in [1.807, 2.05) is 0 Å². The van der Waals surface area contributed by atoms with E-state index in [-0.39, 0.29) is 21.6 Å². The summed E-state index contributed by atoms with van der Waals surface area (Å²) in [6.45, 7) is 1.59. The van der Waals surface area contributed by atoms with E-state index in [1.54, 1.807) is 6.92 Å². The van der Waals surface area contributed by atoms with Gasteiger partial charge in [0, 0.05) is 17.3 Å².